The van der Waals surface area contributed by atoms with Crippen molar-refractivity contribution >= 4 is 35.8 Å². The quantitative estimate of drug-likeness (QED) is 0.357. The number of guanidine groups is 1. The molecule has 1 unspecified atom stereocenters. The lowest BCUT2D eigenvalue weighted by atomic mass is 10.1. The molecule has 150 valence electrons. The van der Waals surface area contributed by atoms with Crippen LogP contribution in [0.1, 0.15) is 37.7 Å². The van der Waals surface area contributed by atoms with E-state index in [-0.39, 0.29) is 42.5 Å². The molecule has 1 aromatic heterocycles. The van der Waals surface area contributed by atoms with Crippen molar-refractivity contribution in [1.82, 2.24) is 25.3 Å². The third-order valence-electron chi connectivity index (χ3n) is 4.10. The van der Waals surface area contributed by atoms with Gasteiger partial charge in [-0.2, -0.15) is 5.10 Å². The Morgan fingerprint density at radius 1 is 1.27 bits per heavy atom. The van der Waals surface area contributed by atoms with Crippen LogP contribution in [0.2, 0.25) is 0 Å². The van der Waals surface area contributed by atoms with Gasteiger partial charge >= 0.3 is 0 Å². The molecule has 0 bridgehead atoms. The molecule has 1 heterocycles. The van der Waals surface area contributed by atoms with Gasteiger partial charge < -0.3 is 15.5 Å². The van der Waals surface area contributed by atoms with Gasteiger partial charge in [0, 0.05) is 39.4 Å². The van der Waals surface area contributed by atoms with Crippen molar-refractivity contribution in [1.29, 1.82) is 0 Å². The molecular weight excluding hydrogens is 443 g/mol. The van der Waals surface area contributed by atoms with Crippen LogP contribution in [-0.2, 0) is 18.3 Å². The summed E-state index contributed by atoms with van der Waals surface area (Å²) in [5.41, 5.74) is 3.50. The second-order valence-electron chi connectivity index (χ2n) is 7.25. The van der Waals surface area contributed by atoms with Crippen LogP contribution in [0, 0.1) is 19.8 Å². The lowest BCUT2D eigenvalue weighted by Crippen LogP contribution is -2.45. The molecule has 0 saturated heterocycles. The topological polar surface area (TPSA) is 74.5 Å². The number of nitrogens with one attached hydrogen (secondary N) is 2. The molecule has 0 saturated carbocycles. The summed E-state index contributed by atoms with van der Waals surface area (Å²) in [6.45, 7) is 11.5. The molecule has 1 amide bonds. The smallest absolute Gasteiger partial charge is 0.243 e. The number of aromatic nitrogens is 2. The average molecular weight is 478 g/mol. The van der Waals surface area contributed by atoms with Gasteiger partial charge in [0.2, 0.25) is 5.91 Å². The van der Waals surface area contributed by atoms with Crippen LogP contribution >= 0.6 is 24.0 Å². The van der Waals surface area contributed by atoms with Crippen LogP contribution in [0.15, 0.2) is 4.99 Å². The van der Waals surface area contributed by atoms with Crippen molar-refractivity contribution in [3.05, 3.63) is 17.0 Å². The van der Waals surface area contributed by atoms with E-state index in [2.05, 4.69) is 48.4 Å². The first-order valence-corrected chi connectivity index (χ1v) is 8.85. The molecule has 0 aliphatic carbocycles. The largest absolute Gasteiger partial charge is 0.356 e. The number of halogens is 1. The summed E-state index contributed by atoms with van der Waals surface area (Å²) in [5, 5.41) is 11.2. The van der Waals surface area contributed by atoms with Gasteiger partial charge in [-0.1, -0.05) is 13.8 Å². The number of carbonyl (C=O) groups is 1. The van der Waals surface area contributed by atoms with Gasteiger partial charge in [-0.3, -0.25) is 9.48 Å². The van der Waals surface area contributed by atoms with Crippen LogP contribution in [0.4, 0.5) is 0 Å². The number of aliphatic imine (C=N–C) groups is 1. The van der Waals surface area contributed by atoms with Gasteiger partial charge in [-0.15, -0.1) is 24.0 Å². The summed E-state index contributed by atoms with van der Waals surface area (Å²) in [6, 6.07) is 0.175. The summed E-state index contributed by atoms with van der Waals surface area (Å²) < 4.78 is 1.92. The normalized spacial score (nSPS) is 12.6. The Hall–Kier alpha value is -1.32. The summed E-state index contributed by atoms with van der Waals surface area (Å²) in [5.74, 6) is 1.16. The first-order chi connectivity index (χ1) is 11.6. The number of hydrogen-bond donors (Lipinski definition) is 2. The maximum absolute atomic E-state index is 11.8. The van der Waals surface area contributed by atoms with Crippen LogP contribution in [-0.4, -0.2) is 59.8 Å². The third kappa shape index (κ3) is 7.92. The predicted molar refractivity (Wildman–Crippen MR) is 118 cm³/mol. The van der Waals surface area contributed by atoms with E-state index in [0.29, 0.717) is 11.9 Å². The monoisotopic (exact) mass is 478 g/mol. The number of rotatable bonds is 7. The van der Waals surface area contributed by atoms with Crippen LogP contribution < -0.4 is 10.6 Å². The average Bonchev–Trinajstić information content (AvgIpc) is 2.75. The van der Waals surface area contributed by atoms with E-state index in [1.807, 2.05) is 18.7 Å². The molecule has 0 aromatic carbocycles. The molecule has 7 nitrogen and oxygen atoms in total. The Morgan fingerprint density at radius 3 is 2.35 bits per heavy atom. The molecular formula is C18H35IN6O. The Bertz CT molecular complexity index is 609. The molecule has 0 fully saturated rings. The number of carbonyl (C=O) groups excluding carboxylic acids is 1. The summed E-state index contributed by atoms with van der Waals surface area (Å²) in [7, 11) is 5.44. The Kier molecular flexibility index (Phi) is 10.8. The number of nitrogens with zero attached hydrogens (tertiary/aromatic N) is 4. The fourth-order valence-electron chi connectivity index (χ4n) is 2.44. The molecule has 2 N–H and O–H groups in total. The van der Waals surface area contributed by atoms with Crippen LogP contribution in [0.25, 0.3) is 0 Å². The second-order valence-corrected chi connectivity index (χ2v) is 7.25. The number of aryl methyl sites for hydroxylation is 2. The SMILES string of the molecule is Cc1nn(C)c(C)c1CC(C)NC(=NCC(=O)N(C)C)NCC(C)C.I. The van der Waals surface area contributed by atoms with Crippen molar-refractivity contribution in [2.45, 2.75) is 47.1 Å². The molecule has 26 heavy (non-hydrogen) atoms. The minimum Gasteiger partial charge on any atom is -0.356 e. The van der Waals surface area contributed by atoms with E-state index < -0.39 is 0 Å². The highest BCUT2D eigenvalue weighted by atomic mass is 127. The number of likely N-dealkylation sites (N-methyl/N-ethyl adjacent to an activating group) is 1. The van der Waals surface area contributed by atoms with Gasteiger partial charge in [0.1, 0.15) is 6.54 Å². The minimum atomic E-state index is -0.0164. The minimum absolute atomic E-state index is 0. The molecule has 0 spiro atoms. The maximum Gasteiger partial charge on any atom is 0.243 e. The van der Waals surface area contributed by atoms with Gasteiger partial charge in [0.25, 0.3) is 0 Å². The van der Waals surface area contributed by atoms with Crippen molar-refractivity contribution in [2.75, 3.05) is 27.2 Å². The highest BCUT2D eigenvalue weighted by molar-refractivity contribution is 14.0. The number of hydrogen-bond acceptors (Lipinski definition) is 3. The number of amides is 1. The zero-order valence-electron chi connectivity index (χ0n) is 17.4. The molecule has 0 aliphatic rings. The highest BCUT2D eigenvalue weighted by Crippen LogP contribution is 2.14. The van der Waals surface area contributed by atoms with Crippen LogP contribution in [0.3, 0.4) is 0 Å². The standard InChI is InChI=1S/C18H34N6O.HI/c1-12(2)10-19-18(20-11-17(25)23(6)7)21-13(3)9-16-14(4)22-24(8)15(16)5;/h12-13H,9-11H2,1-8H3,(H2,19,20,21);1H. The molecule has 1 aromatic rings. The van der Waals surface area contributed by atoms with E-state index in [9.17, 15) is 4.79 Å². The zero-order valence-corrected chi connectivity index (χ0v) is 19.7. The van der Waals surface area contributed by atoms with Gasteiger partial charge in [-0.25, -0.2) is 4.99 Å². The van der Waals surface area contributed by atoms with E-state index in [1.54, 1.807) is 19.0 Å². The molecule has 8 heteroatoms. The first kappa shape index (κ1) is 24.7. The molecule has 1 rings (SSSR count). The molecule has 1 atom stereocenters. The summed E-state index contributed by atoms with van der Waals surface area (Å²) in [6.07, 6.45) is 0.857. The van der Waals surface area contributed by atoms with E-state index >= 15 is 0 Å². The molecule has 0 radical (unpaired) electrons. The second kappa shape index (κ2) is 11.4. The fraction of sp³-hybridized carbons (Fsp3) is 0.722. The Labute approximate surface area is 175 Å². The molecule has 0 aliphatic heterocycles. The summed E-state index contributed by atoms with van der Waals surface area (Å²) in [4.78, 5) is 17.8. The maximum atomic E-state index is 11.8. The van der Waals surface area contributed by atoms with Gasteiger partial charge in [-0.05, 0) is 38.7 Å². The third-order valence-corrected chi connectivity index (χ3v) is 4.10. The van der Waals surface area contributed by atoms with E-state index in [4.69, 9.17) is 0 Å². The summed E-state index contributed by atoms with van der Waals surface area (Å²) >= 11 is 0. The van der Waals surface area contributed by atoms with E-state index in [1.165, 1.54) is 11.3 Å². The first-order valence-electron chi connectivity index (χ1n) is 8.85. The van der Waals surface area contributed by atoms with Crippen molar-refractivity contribution in [3.63, 3.8) is 0 Å². The lowest BCUT2D eigenvalue weighted by Gasteiger charge is -2.20. The van der Waals surface area contributed by atoms with Gasteiger partial charge in [0.15, 0.2) is 5.96 Å². The van der Waals surface area contributed by atoms with Crippen LogP contribution in [0.5, 0.6) is 0 Å². The zero-order chi connectivity index (χ0) is 19.1. The predicted octanol–water partition coefficient (Wildman–Crippen LogP) is 1.87. The Morgan fingerprint density at radius 2 is 1.88 bits per heavy atom. The highest BCUT2D eigenvalue weighted by Gasteiger charge is 2.14. The van der Waals surface area contributed by atoms with E-state index in [0.717, 1.165) is 18.7 Å². The fourth-order valence-corrected chi connectivity index (χ4v) is 2.44. The van der Waals surface area contributed by atoms with Crippen molar-refractivity contribution in [2.24, 2.45) is 18.0 Å². The van der Waals surface area contributed by atoms with Gasteiger partial charge in [0.05, 0.1) is 5.69 Å². The lowest BCUT2D eigenvalue weighted by molar-refractivity contribution is -0.127. The Balaban J connectivity index is 0.00000625. The van der Waals surface area contributed by atoms with Crippen molar-refractivity contribution in [3.8, 4) is 0 Å². The van der Waals surface area contributed by atoms with Crippen molar-refractivity contribution < 1.29 is 4.79 Å².